The molecule has 0 aliphatic heterocycles. The third kappa shape index (κ3) is 4.30. The Balaban J connectivity index is 1.68. The summed E-state index contributed by atoms with van der Waals surface area (Å²) >= 11 is 1.74. The molecule has 0 amide bonds. The van der Waals surface area contributed by atoms with Gasteiger partial charge in [0.2, 0.25) is 0 Å². The fraction of sp³-hybridized carbons (Fsp3) is 0.448. The molecular formula is C29H34N2OS. The summed E-state index contributed by atoms with van der Waals surface area (Å²) in [5.41, 5.74) is 5.45. The van der Waals surface area contributed by atoms with E-state index in [2.05, 4.69) is 31.2 Å². The maximum absolute atomic E-state index is 14.4. The molecule has 1 spiro atoms. The average molecular weight is 459 g/mol. The third-order valence-electron chi connectivity index (χ3n) is 7.44. The molecule has 3 nitrogen and oxygen atoms in total. The van der Waals surface area contributed by atoms with Crippen molar-refractivity contribution in [2.75, 3.05) is 5.75 Å². The fourth-order valence-electron chi connectivity index (χ4n) is 5.78. The predicted molar refractivity (Wildman–Crippen MR) is 139 cm³/mol. The van der Waals surface area contributed by atoms with Gasteiger partial charge in [-0.2, -0.15) is 0 Å². The molecule has 5 rings (SSSR count). The van der Waals surface area contributed by atoms with Crippen LogP contribution in [0, 0.1) is 0 Å². The van der Waals surface area contributed by atoms with Crippen molar-refractivity contribution in [3.05, 3.63) is 76.1 Å². The number of para-hydroxylation sites is 1. The van der Waals surface area contributed by atoms with Crippen LogP contribution in [0.1, 0.15) is 75.8 Å². The van der Waals surface area contributed by atoms with Gasteiger partial charge < -0.3 is 0 Å². The minimum absolute atomic E-state index is 0.0765. The van der Waals surface area contributed by atoms with Gasteiger partial charge in [-0.15, -0.1) is 0 Å². The van der Waals surface area contributed by atoms with Gasteiger partial charge in [0.15, 0.2) is 5.16 Å². The van der Waals surface area contributed by atoms with Crippen molar-refractivity contribution in [3.8, 4) is 16.9 Å². The Kier molecular flexibility index (Phi) is 6.73. The van der Waals surface area contributed by atoms with Crippen LogP contribution in [0.25, 0.3) is 16.9 Å². The standard InChI is InChI=1S/C29H34N2OS/c1-2-3-4-13-20-33-28-30-26-24-17-10-9-14-22(24)21-29(18-11-6-12-19-29)25(26)27(32)31(28)23-15-7-5-8-16-23/h5,7-10,14-17H,2-4,6,11-13,18-21H2,1H3. The summed E-state index contributed by atoms with van der Waals surface area (Å²) in [5, 5.41) is 0.837. The van der Waals surface area contributed by atoms with Crippen molar-refractivity contribution >= 4 is 11.8 Å². The van der Waals surface area contributed by atoms with Gasteiger partial charge in [-0.05, 0) is 43.4 Å². The Morgan fingerprint density at radius 2 is 1.70 bits per heavy atom. The van der Waals surface area contributed by atoms with Crippen molar-refractivity contribution in [1.29, 1.82) is 0 Å². The molecule has 1 aromatic heterocycles. The number of rotatable bonds is 7. The minimum atomic E-state index is -0.0765. The number of benzene rings is 2. The molecule has 1 saturated carbocycles. The lowest BCUT2D eigenvalue weighted by molar-refractivity contribution is 0.283. The second-order valence-electron chi connectivity index (χ2n) is 9.68. The third-order valence-corrected chi connectivity index (χ3v) is 8.46. The zero-order chi connectivity index (χ0) is 22.7. The highest BCUT2D eigenvalue weighted by Crippen LogP contribution is 2.49. The van der Waals surface area contributed by atoms with E-state index in [4.69, 9.17) is 4.98 Å². The van der Waals surface area contributed by atoms with E-state index >= 15 is 0 Å². The van der Waals surface area contributed by atoms with Gasteiger partial charge >= 0.3 is 0 Å². The summed E-state index contributed by atoms with van der Waals surface area (Å²) in [6.07, 6.45) is 11.7. The molecule has 0 N–H and O–H groups in total. The van der Waals surface area contributed by atoms with Crippen LogP contribution in [0.2, 0.25) is 0 Å². The highest BCUT2D eigenvalue weighted by Gasteiger charge is 2.43. The summed E-state index contributed by atoms with van der Waals surface area (Å²) < 4.78 is 1.91. The second kappa shape index (κ2) is 9.89. The molecule has 0 bridgehead atoms. The van der Waals surface area contributed by atoms with Gasteiger partial charge in [0.05, 0.1) is 16.9 Å². The van der Waals surface area contributed by atoms with Gasteiger partial charge in [0.25, 0.3) is 5.56 Å². The van der Waals surface area contributed by atoms with E-state index in [1.54, 1.807) is 11.8 Å². The van der Waals surface area contributed by atoms with Crippen LogP contribution in [-0.2, 0) is 11.8 Å². The van der Waals surface area contributed by atoms with Crippen LogP contribution < -0.4 is 5.56 Å². The second-order valence-corrected chi connectivity index (χ2v) is 10.7. The van der Waals surface area contributed by atoms with Gasteiger partial charge in [-0.1, -0.05) is 99.7 Å². The van der Waals surface area contributed by atoms with Crippen LogP contribution in [-0.4, -0.2) is 15.3 Å². The van der Waals surface area contributed by atoms with Gasteiger partial charge in [0, 0.05) is 16.7 Å². The molecule has 2 aromatic carbocycles. The molecule has 0 radical (unpaired) electrons. The van der Waals surface area contributed by atoms with Crippen molar-refractivity contribution in [2.24, 2.45) is 0 Å². The largest absolute Gasteiger partial charge is 0.268 e. The Morgan fingerprint density at radius 1 is 0.939 bits per heavy atom. The molecule has 0 saturated heterocycles. The molecule has 2 aliphatic carbocycles. The molecule has 0 atom stereocenters. The Hall–Kier alpha value is -2.33. The summed E-state index contributed by atoms with van der Waals surface area (Å²) in [6.45, 7) is 2.24. The first-order valence-electron chi connectivity index (χ1n) is 12.7. The molecule has 1 fully saturated rings. The number of hydrogen-bond acceptors (Lipinski definition) is 3. The van der Waals surface area contributed by atoms with E-state index in [0.717, 1.165) is 59.1 Å². The topological polar surface area (TPSA) is 34.9 Å². The Labute approximate surface area is 201 Å². The first-order chi connectivity index (χ1) is 16.2. The predicted octanol–water partition coefficient (Wildman–Crippen LogP) is 7.33. The first kappa shape index (κ1) is 22.5. The van der Waals surface area contributed by atoms with Crippen LogP contribution in [0.4, 0.5) is 0 Å². The quantitative estimate of drug-likeness (QED) is 0.211. The smallest absolute Gasteiger partial charge is 0.263 e. The van der Waals surface area contributed by atoms with Crippen LogP contribution in [0.5, 0.6) is 0 Å². The lowest BCUT2D eigenvalue weighted by atomic mass is 9.62. The van der Waals surface area contributed by atoms with Crippen LogP contribution in [0.3, 0.4) is 0 Å². The van der Waals surface area contributed by atoms with Crippen molar-refractivity contribution < 1.29 is 0 Å². The Bertz CT molecular complexity index is 1160. The number of hydrogen-bond donors (Lipinski definition) is 0. The summed E-state index contributed by atoms with van der Waals surface area (Å²) in [6, 6.07) is 18.8. The lowest BCUT2D eigenvalue weighted by Gasteiger charge is -2.42. The number of unbranched alkanes of at least 4 members (excludes halogenated alkanes) is 3. The van der Waals surface area contributed by atoms with Crippen LogP contribution in [0.15, 0.2) is 64.5 Å². The number of thioether (sulfide) groups is 1. The average Bonchev–Trinajstić information content (AvgIpc) is 2.85. The first-order valence-corrected chi connectivity index (χ1v) is 13.7. The number of aromatic nitrogens is 2. The van der Waals surface area contributed by atoms with Crippen LogP contribution >= 0.6 is 11.8 Å². The highest BCUT2D eigenvalue weighted by molar-refractivity contribution is 7.99. The normalized spacial score (nSPS) is 16.4. The highest BCUT2D eigenvalue weighted by atomic mass is 32.2. The zero-order valence-corrected chi connectivity index (χ0v) is 20.5. The fourth-order valence-corrected chi connectivity index (χ4v) is 6.79. The van der Waals surface area contributed by atoms with E-state index in [-0.39, 0.29) is 11.0 Å². The molecule has 4 heteroatoms. The van der Waals surface area contributed by atoms with E-state index in [9.17, 15) is 4.79 Å². The molecule has 2 aliphatic rings. The number of fused-ring (bicyclic) bond motifs is 4. The zero-order valence-electron chi connectivity index (χ0n) is 19.7. The van der Waals surface area contributed by atoms with Gasteiger partial charge in [-0.25, -0.2) is 4.98 Å². The van der Waals surface area contributed by atoms with E-state index in [1.165, 1.54) is 44.1 Å². The van der Waals surface area contributed by atoms with Crippen molar-refractivity contribution in [3.63, 3.8) is 0 Å². The maximum atomic E-state index is 14.4. The monoisotopic (exact) mass is 458 g/mol. The summed E-state index contributed by atoms with van der Waals surface area (Å²) in [4.78, 5) is 19.6. The maximum Gasteiger partial charge on any atom is 0.263 e. The van der Waals surface area contributed by atoms with E-state index < -0.39 is 0 Å². The van der Waals surface area contributed by atoms with E-state index in [1.807, 2.05) is 34.9 Å². The van der Waals surface area contributed by atoms with Gasteiger partial charge in [0.1, 0.15) is 0 Å². The SMILES string of the molecule is CCCCCCSc1nc2c(c(=O)n1-c1ccccc1)C1(CCCCC1)Cc1ccccc1-2. The lowest BCUT2D eigenvalue weighted by Crippen LogP contribution is -2.42. The van der Waals surface area contributed by atoms with Crippen molar-refractivity contribution in [2.45, 2.75) is 81.7 Å². The molecular weight excluding hydrogens is 424 g/mol. The van der Waals surface area contributed by atoms with Gasteiger partial charge in [-0.3, -0.25) is 9.36 Å². The number of nitrogens with zero attached hydrogens (tertiary/aromatic N) is 2. The molecule has 0 unspecified atom stereocenters. The molecule has 1 heterocycles. The molecule has 33 heavy (non-hydrogen) atoms. The van der Waals surface area contributed by atoms with Crippen molar-refractivity contribution in [1.82, 2.24) is 9.55 Å². The minimum Gasteiger partial charge on any atom is -0.268 e. The summed E-state index contributed by atoms with van der Waals surface area (Å²) in [7, 11) is 0. The van der Waals surface area contributed by atoms with E-state index in [0.29, 0.717) is 0 Å². The Morgan fingerprint density at radius 3 is 2.48 bits per heavy atom. The molecule has 172 valence electrons. The summed E-state index contributed by atoms with van der Waals surface area (Å²) in [5.74, 6) is 0.991. The molecule has 3 aromatic rings.